The lowest BCUT2D eigenvalue weighted by Crippen LogP contribution is -2.46. The zero-order valence-corrected chi connectivity index (χ0v) is 16.1. The fraction of sp³-hybridized carbons (Fsp3) is 0.318. The van der Waals surface area contributed by atoms with Crippen molar-refractivity contribution in [3.63, 3.8) is 0 Å². The second-order valence-corrected chi connectivity index (χ2v) is 7.08. The van der Waals surface area contributed by atoms with Gasteiger partial charge in [0.1, 0.15) is 11.5 Å². The third-order valence-electron chi connectivity index (χ3n) is 5.10. The number of piperazine rings is 1. The summed E-state index contributed by atoms with van der Waals surface area (Å²) in [5.41, 5.74) is 2.63. The summed E-state index contributed by atoms with van der Waals surface area (Å²) >= 11 is 0. The van der Waals surface area contributed by atoms with Crippen LogP contribution in [-0.4, -0.2) is 37.0 Å². The summed E-state index contributed by atoms with van der Waals surface area (Å²) in [5.74, 6) is 1.63. The third-order valence-corrected chi connectivity index (χ3v) is 5.10. The number of benzene rings is 1. The van der Waals surface area contributed by atoms with Crippen LogP contribution < -0.4 is 10.2 Å². The van der Waals surface area contributed by atoms with Crippen molar-refractivity contribution in [3.05, 3.63) is 77.6 Å². The van der Waals surface area contributed by atoms with E-state index >= 15 is 0 Å². The minimum Gasteiger partial charge on any atom is -0.467 e. The molecule has 146 valence electrons. The number of carbonyl (C=O) groups is 1. The summed E-state index contributed by atoms with van der Waals surface area (Å²) in [6, 6.07) is 15.8. The van der Waals surface area contributed by atoms with Crippen molar-refractivity contribution in [1.29, 1.82) is 0 Å². The summed E-state index contributed by atoms with van der Waals surface area (Å²) in [7, 11) is 0. The van der Waals surface area contributed by atoms with Gasteiger partial charge in [0, 0.05) is 31.9 Å². The lowest BCUT2D eigenvalue weighted by Gasteiger charge is -2.36. The number of anilines is 1. The molecule has 28 heavy (non-hydrogen) atoms. The van der Waals surface area contributed by atoms with Crippen molar-refractivity contribution in [2.45, 2.75) is 20.0 Å². The van der Waals surface area contributed by atoms with E-state index < -0.39 is 0 Å². The average Bonchev–Trinajstić information content (AvgIpc) is 3.39. The zero-order chi connectivity index (χ0) is 19.3. The average molecular weight is 379 g/mol. The van der Waals surface area contributed by atoms with Crippen molar-refractivity contribution in [3.8, 4) is 0 Å². The SMILES string of the molecule is Cc1ccccc1N1CCN(Cc2ccc(C(=O)NCc3ccco3)o2)CC1. The van der Waals surface area contributed by atoms with Gasteiger partial charge in [0.15, 0.2) is 5.76 Å². The molecule has 1 aliphatic heterocycles. The van der Waals surface area contributed by atoms with Gasteiger partial charge in [-0.2, -0.15) is 0 Å². The van der Waals surface area contributed by atoms with Crippen LogP contribution in [-0.2, 0) is 13.1 Å². The number of carbonyl (C=O) groups excluding carboxylic acids is 1. The number of nitrogens with one attached hydrogen (secondary N) is 1. The van der Waals surface area contributed by atoms with Crippen LogP contribution in [0.15, 0.2) is 63.6 Å². The Balaban J connectivity index is 1.28. The first-order chi connectivity index (χ1) is 13.7. The Morgan fingerprint density at radius 1 is 1.00 bits per heavy atom. The molecule has 0 aliphatic carbocycles. The first kappa shape index (κ1) is 18.4. The van der Waals surface area contributed by atoms with Crippen LogP contribution in [0.5, 0.6) is 0 Å². The van der Waals surface area contributed by atoms with E-state index in [0.717, 1.165) is 31.9 Å². The molecule has 3 aromatic rings. The largest absolute Gasteiger partial charge is 0.467 e. The number of hydrogen-bond donors (Lipinski definition) is 1. The molecular weight excluding hydrogens is 354 g/mol. The van der Waals surface area contributed by atoms with Crippen LogP contribution in [0, 0.1) is 6.92 Å². The van der Waals surface area contributed by atoms with E-state index in [0.29, 0.717) is 24.6 Å². The van der Waals surface area contributed by atoms with Crippen LogP contribution >= 0.6 is 0 Å². The van der Waals surface area contributed by atoms with E-state index in [-0.39, 0.29) is 5.91 Å². The minimum absolute atomic E-state index is 0.230. The predicted molar refractivity (Wildman–Crippen MR) is 107 cm³/mol. The lowest BCUT2D eigenvalue weighted by molar-refractivity contribution is 0.0916. The number of nitrogens with zero attached hydrogens (tertiary/aromatic N) is 2. The Kier molecular flexibility index (Phi) is 5.48. The van der Waals surface area contributed by atoms with Gasteiger partial charge < -0.3 is 19.1 Å². The topological polar surface area (TPSA) is 61.9 Å². The highest BCUT2D eigenvalue weighted by Crippen LogP contribution is 2.21. The molecule has 0 spiro atoms. The van der Waals surface area contributed by atoms with Gasteiger partial charge >= 0.3 is 0 Å². The Bertz CT molecular complexity index is 909. The number of para-hydroxylation sites is 1. The molecule has 1 fully saturated rings. The molecule has 0 saturated carbocycles. The molecular formula is C22H25N3O3. The summed E-state index contributed by atoms with van der Waals surface area (Å²) in [4.78, 5) is 17.0. The van der Waals surface area contributed by atoms with Gasteiger partial charge in [-0.3, -0.25) is 9.69 Å². The molecule has 3 heterocycles. The number of amides is 1. The molecule has 1 saturated heterocycles. The van der Waals surface area contributed by atoms with Gasteiger partial charge in [-0.1, -0.05) is 18.2 Å². The van der Waals surface area contributed by atoms with E-state index in [2.05, 4.69) is 46.3 Å². The standard InChI is InChI=1S/C22H25N3O3/c1-17-5-2-3-7-20(17)25-12-10-24(11-13-25)16-19-8-9-21(28-19)22(26)23-15-18-6-4-14-27-18/h2-9,14H,10-13,15-16H2,1H3,(H,23,26). The van der Waals surface area contributed by atoms with Crippen LogP contribution in [0.1, 0.15) is 27.6 Å². The number of aryl methyl sites for hydroxylation is 1. The molecule has 0 unspecified atom stereocenters. The molecule has 1 aromatic carbocycles. The van der Waals surface area contributed by atoms with Crippen molar-refractivity contribution in [2.75, 3.05) is 31.1 Å². The molecule has 0 atom stereocenters. The number of hydrogen-bond acceptors (Lipinski definition) is 5. The van der Waals surface area contributed by atoms with Crippen LogP contribution in [0.4, 0.5) is 5.69 Å². The van der Waals surface area contributed by atoms with E-state index in [1.807, 2.05) is 12.1 Å². The van der Waals surface area contributed by atoms with Crippen LogP contribution in [0.3, 0.4) is 0 Å². The Hall–Kier alpha value is -2.99. The Morgan fingerprint density at radius 2 is 1.82 bits per heavy atom. The molecule has 0 bridgehead atoms. The first-order valence-corrected chi connectivity index (χ1v) is 9.61. The van der Waals surface area contributed by atoms with E-state index in [1.54, 1.807) is 18.4 Å². The zero-order valence-electron chi connectivity index (χ0n) is 16.1. The summed E-state index contributed by atoms with van der Waals surface area (Å²) in [5, 5.41) is 2.80. The maximum absolute atomic E-state index is 12.2. The van der Waals surface area contributed by atoms with Crippen LogP contribution in [0.2, 0.25) is 0 Å². The normalized spacial score (nSPS) is 15.0. The number of rotatable bonds is 6. The van der Waals surface area contributed by atoms with Gasteiger partial charge in [-0.05, 0) is 42.8 Å². The fourth-order valence-electron chi connectivity index (χ4n) is 3.54. The molecule has 4 rings (SSSR count). The van der Waals surface area contributed by atoms with Crippen LogP contribution in [0.25, 0.3) is 0 Å². The maximum atomic E-state index is 12.2. The second-order valence-electron chi connectivity index (χ2n) is 7.08. The minimum atomic E-state index is -0.230. The maximum Gasteiger partial charge on any atom is 0.287 e. The Labute approximate surface area is 164 Å². The van der Waals surface area contributed by atoms with Crippen molar-refractivity contribution in [2.24, 2.45) is 0 Å². The smallest absolute Gasteiger partial charge is 0.287 e. The lowest BCUT2D eigenvalue weighted by atomic mass is 10.1. The number of furan rings is 2. The Morgan fingerprint density at radius 3 is 2.57 bits per heavy atom. The highest BCUT2D eigenvalue weighted by molar-refractivity contribution is 5.91. The highest BCUT2D eigenvalue weighted by atomic mass is 16.4. The molecule has 2 aromatic heterocycles. The predicted octanol–water partition coefficient (Wildman–Crippen LogP) is 3.43. The summed E-state index contributed by atoms with van der Waals surface area (Å²) in [6.45, 7) is 7.13. The van der Waals surface area contributed by atoms with Gasteiger partial charge in [0.25, 0.3) is 5.91 Å². The molecule has 1 aliphatic rings. The molecule has 6 heteroatoms. The quantitative estimate of drug-likeness (QED) is 0.711. The van der Waals surface area contributed by atoms with Gasteiger partial charge in [-0.25, -0.2) is 0 Å². The molecule has 6 nitrogen and oxygen atoms in total. The third kappa shape index (κ3) is 4.28. The van der Waals surface area contributed by atoms with E-state index in [9.17, 15) is 4.79 Å². The first-order valence-electron chi connectivity index (χ1n) is 9.61. The molecule has 1 N–H and O–H groups in total. The molecule has 0 radical (unpaired) electrons. The monoisotopic (exact) mass is 379 g/mol. The van der Waals surface area contributed by atoms with Gasteiger partial charge in [0.05, 0.1) is 19.4 Å². The van der Waals surface area contributed by atoms with Crippen molar-refractivity contribution >= 4 is 11.6 Å². The highest BCUT2D eigenvalue weighted by Gasteiger charge is 2.20. The summed E-state index contributed by atoms with van der Waals surface area (Å²) in [6.07, 6.45) is 1.59. The van der Waals surface area contributed by atoms with E-state index in [4.69, 9.17) is 8.83 Å². The van der Waals surface area contributed by atoms with Gasteiger partial charge in [-0.15, -0.1) is 0 Å². The van der Waals surface area contributed by atoms with Gasteiger partial charge in [0.2, 0.25) is 0 Å². The molecule has 1 amide bonds. The second kappa shape index (κ2) is 8.35. The fourth-order valence-corrected chi connectivity index (χ4v) is 3.54. The summed E-state index contributed by atoms with van der Waals surface area (Å²) < 4.78 is 11.0. The van der Waals surface area contributed by atoms with E-state index in [1.165, 1.54) is 11.3 Å². The van der Waals surface area contributed by atoms with Crippen molar-refractivity contribution < 1.29 is 13.6 Å². The van der Waals surface area contributed by atoms with Crippen molar-refractivity contribution in [1.82, 2.24) is 10.2 Å².